The summed E-state index contributed by atoms with van der Waals surface area (Å²) in [5.41, 5.74) is 1.76. The first-order chi connectivity index (χ1) is 7.75. The Kier molecular flexibility index (Phi) is 2.95. The molecule has 0 aliphatic rings. The lowest BCUT2D eigenvalue weighted by Gasteiger charge is -1.95. The maximum Gasteiger partial charge on any atom is 0.217 e. The second kappa shape index (κ2) is 4.57. The molecule has 0 saturated carbocycles. The molecular weight excluding hydrogens is 204 g/mol. The number of nitrogens with one attached hydrogen (secondary N) is 2. The summed E-state index contributed by atoms with van der Waals surface area (Å²) in [5.74, 6) is -0.0390. The van der Waals surface area contributed by atoms with E-state index in [1.807, 2.05) is 18.2 Å². The summed E-state index contributed by atoms with van der Waals surface area (Å²) in [4.78, 5) is 14.8. The van der Waals surface area contributed by atoms with Crippen LogP contribution in [0.1, 0.15) is 12.6 Å². The van der Waals surface area contributed by atoms with Crippen molar-refractivity contribution in [3.8, 4) is 0 Å². The third kappa shape index (κ3) is 2.44. The molecule has 2 aromatic heterocycles. The van der Waals surface area contributed by atoms with Crippen molar-refractivity contribution >= 4 is 22.9 Å². The number of amides is 1. The van der Waals surface area contributed by atoms with Crippen LogP contribution in [-0.2, 0) is 4.79 Å². The van der Waals surface area contributed by atoms with Gasteiger partial charge >= 0.3 is 0 Å². The molecule has 5 heteroatoms. The number of fused-ring (bicyclic) bond motifs is 1. The molecule has 2 heterocycles. The summed E-state index contributed by atoms with van der Waals surface area (Å²) in [6.45, 7) is 2.00. The Morgan fingerprint density at radius 2 is 2.44 bits per heavy atom. The van der Waals surface area contributed by atoms with Crippen molar-refractivity contribution in [3.63, 3.8) is 0 Å². The lowest BCUT2D eigenvalue weighted by molar-refractivity contribution is -0.118. The van der Waals surface area contributed by atoms with Gasteiger partial charge in [0.25, 0.3) is 0 Å². The van der Waals surface area contributed by atoms with Crippen molar-refractivity contribution in [2.24, 2.45) is 0 Å². The van der Waals surface area contributed by atoms with Gasteiger partial charge in [0, 0.05) is 18.9 Å². The number of nitrogens with zero attached hydrogens (tertiary/aromatic N) is 2. The van der Waals surface area contributed by atoms with E-state index >= 15 is 0 Å². The molecule has 0 spiro atoms. The molecule has 2 N–H and O–H groups in total. The zero-order valence-corrected chi connectivity index (χ0v) is 8.90. The lowest BCUT2D eigenvalue weighted by Crippen LogP contribution is -2.19. The molecule has 0 aromatic carbocycles. The summed E-state index contributed by atoms with van der Waals surface area (Å²) in [6.07, 6.45) is 7.21. The van der Waals surface area contributed by atoms with Crippen LogP contribution in [0, 0.1) is 0 Å². The smallest absolute Gasteiger partial charge is 0.217 e. The number of aromatic amines is 1. The Labute approximate surface area is 92.6 Å². The van der Waals surface area contributed by atoms with Gasteiger partial charge in [-0.05, 0) is 12.1 Å². The monoisotopic (exact) mass is 216 g/mol. The highest BCUT2D eigenvalue weighted by Gasteiger charge is 1.96. The van der Waals surface area contributed by atoms with Crippen LogP contribution in [0.25, 0.3) is 17.0 Å². The van der Waals surface area contributed by atoms with E-state index in [-0.39, 0.29) is 5.91 Å². The SMILES string of the molecule is CC(=O)NCC=Cc1cc2cn[nH]c2cn1. The standard InChI is InChI=1S/C11H12N4O/c1-8(16)12-4-2-3-10-5-9-6-14-15-11(9)7-13-10/h2-3,5-7H,4H2,1H3,(H,12,16)(H,14,15). The van der Waals surface area contributed by atoms with Crippen molar-refractivity contribution in [3.05, 3.63) is 30.2 Å². The average molecular weight is 216 g/mol. The molecule has 0 aliphatic heterocycles. The predicted molar refractivity (Wildman–Crippen MR) is 61.6 cm³/mol. The fraction of sp³-hybridized carbons (Fsp3) is 0.182. The maximum atomic E-state index is 10.6. The molecule has 5 nitrogen and oxygen atoms in total. The zero-order valence-electron chi connectivity index (χ0n) is 8.90. The first-order valence-corrected chi connectivity index (χ1v) is 4.96. The van der Waals surface area contributed by atoms with E-state index in [1.54, 1.807) is 12.4 Å². The first-order valence-electron chi connectivity index (χ1n) is 4.96. The molecule has 0 aliphatic carbocycles. The van der Waals surface area contributed by atoms with Crippen molar-refractivity contribution in [1.82, 2.24) is 20.5 Å². The van der Waals surface area contributed by atoms with Crippen LogP contribution < -0.4 is 5.32 Å². The molecule has 1 amide bonds. The Morgan fingerprint density at radius 3 is 3.25 bits per heavy atom. The summed E-state index contributed by atoms with van der Waals surface area (Å²) < 4.78 is 0. The highest BCUT2D eigenvalue weighted by Crippen LogP contribution is 2.10. The molecule has 0 bridgehead atoms. The van der Waals surface area contributed by atoms with Gasteiger partial charge in [0.15, 0.2) is 0 Å². The van der Waals surface area contributed by atoms with E-state index in [2.05, 4.69) is 20.5 Å². The number of carbonyl (C=O) groups is 1. The van der Waals surface area contributed by atoms with Gasteiger partial charge in [-0.25, -0.2) is 0 Å². The van der Waals surface area contributed by atoms with Crippen LogP contribution in [0.15, 0.2) is 24.5 Å². The number of hydrogen-bond donors (Lipinski definition) is 2. The molecule has 0 saturated heterocycles. The van der Waals surface area contributed by atoms with Gasteiger partial charge in [-0.15, -0.1) is 0 Å². The molecular formula is C11H12N4O. The van der Waals surface area contributed by atoms with Gasteiger partial charge in [-0.1, -0.05) is 6.08 Å². The number of H-pyrrole nitrogens is 1. The third-order valence-corrected chi connectivity index (χ3v) is 2.10. The molecule has 2 aromatic rings. The highest BCUT2D eigenvalue weighted by atomic mass is 16.1. The van der Waals surface area contributed by atoms with Gasteiger partial charge in [0.1, 0.15) is 0 Å². The van der Waals surface area contributed by atoms with Crippen LogP contribution >= 0.6 is 0 Å². The molecule has 2 rings (SSSR count). The van der Waals surface area contributed by atoms with E-state index in [1.165, 1.54) is 6.92 Å². The predicted octanol–water partition coefficient (Wildman–Crippen LogP) is 1.11. The highest BCUT2D eigenvalue weighted by molar-refractivity contribution is 5.78. The summed E-state index contributed by atoms with van der Waals surface area (Å²) in [5, 5.41) is 10.4. The number of pyridine rings is 1. The van der Waals surface area contributed by atoms with E-state index < -0.39 is 0 Å². The van der Waals surface area contributed by atoms with E-state index in [9.17, 15) is 4.79 Å². The Bertz CT molecular complexity index is 530. The Balaban J connectivity index is 2.06. The van der Waals surface area contributed by atoms with Gasteiger partial charge in [0.05, 0.1) is 23.6 Å². The third-order valence-electron chi connectivity index (χ3n) is 2.10. The summed E-state index contributed by atoms with van der Waals surface area (Å²) in [7, 11) is 0. The van der Waals surface area contributed by atoms with E-state index in [0.717, 1.165) is 16.6 Å². The Morgan fingerprint density at radius 1 is 1.56 bits per heavy atom. The molecule has 82 valence electrons. The van der Waals surface area contributed by atoms with Crippen molar-refractivity contribution in [2.45, 2.75) is 6.92 Å². The minimum absolute atomic E-state index is 0.0390. The molecule has 0 atom stereocenters. The second-order valence-corrected chi connectivity index (χ2v) is 3.41. The van der Waals surface area contributed by atoms with Crippen LogP contribution in [0.3, 0.4) is 0 Å². The molecule has 0 fully saturated rings. The maximum absolute atomic E-state index is 10.6. The van der Waals surface area contributed by atoms with E-state index in [0.29, 0.717) is 6.54 Å². The van der Waals surface area contributed by atoms with Crippen LogP contribution in [-0.4, -0.2) is 27.6 Å². The topological polar surface area (TPSA) is 70.7 Å². The molecule has 16 heavy (non-hydrogen) atoms. The average Bonchev–Trinajstić information content (AvgIpc) is 2.71. The number of hydrogen-bond acceptors (Lipinski definition) is 3. The largest absolute Gasteiger partial charge is 0.353 e. The fourth-order valence-corrected chi connectivity index (χ4v) is 1.33. The van der Waals surface area contributed by atoms with Gasteiger partial charge in [-0.3, -0.25) is 14.9 Å². The minimum atomic E-state index is -0.0390. The first kappa shape index (κ1) is 10.4. The van der Waals surface area contributed by atoms with Gasteiger partial charge in [0.2, 0.25) is 5.91 Å². The normalized spacial score (nSPS) is 11.1. The summed E-state index contributed by atoms with van der Waals surface area (Å²) in [6, 6.07) is 1.93. The van der Waals surface area contributed by atoms with Gasteiger partial charge in [-0.2, -0.15) is 5.10 Å². The lowest BCUT2D eigenvalue weighted by atomic mass is 10.2. The minimum Gasteiger partial charge on any atom is -0.353 e. The summed E-state index contributed by atoms with van der Waals surface area (Å²) >= 11 is 0. The zero-order chi connectivity index (χ0) is 11.4. The van der Waals surface area contributed by atoms with Gasteiger partial charge < -0.3 is 5.32 Å². The van der Waals surface area contributed by atoms with Crippen LogP contribution in [0.4, 0.5) is 0 Å². The van der Waals surface area contributed by atoms with Crippen molar-refractivity contribution in [2.75, 3.05) is 6.54 Å². The molecule has 0 radical (unpaired) electrons. The number of aromatic nitrogens is 3. The van der Waals surface area contributed by atoms with Crippen molar-refractivity contribution in [1.29, 1.82) is 0 Å². The van der Waals surface area contributed by atoms with E-state index in [4.69, 9.17) is 0 Å². The second-order valence-electron chi connectivity index (χ2n) is 3.41. The molecule has 0 unspecified atom stereocenters. The van der Waals surface area contributed by atoms with Crippen molar-refractivity contribution < 1.29 is 4.79 Å². The Hall–Kier alpha value is -2.17. The number of rotatable bonds is 3. The van der Waals surface area contributed by atoms with Crippen LogP contribution in [0.5, 0.6) is 0 Å². The van der Waals surface area contributed by atoms with Crippen LogP contribution in [0.2, 0.25) is 0 Å². The number of carbonyl (C=O) groups excluding carboxylic acids is 1. The quantitative estimate of drug-likeness (QED) is 0.807. The fourth-order valence-electron chi connectivity index (χ4n) is 1.33.